The van der Waals surface area contributed by atoms with Crippen molar-refractivity contribution in [2.24, 2.45) is 0 Å². The van der Waals surface area contributed by atoms with E-state index < -0.39 is 0 Å². The van der Waals surface area contributed by atoms with Crippen LogP contribution in [-0.4, -0.2) is 4.57 Å². The van der Waals surface area contributed by atoms with Gasteiger partial charge in [-0.1, -0.05) is 166 Å². The molecule has 0 N–H and O–H groups in total. The molecule has 59 heavy (non-hydrogen) atoms. The molecule has 0 spiro atoms. The van der Waals surface area contributed by atoms with Crippen molar-refractivity contribution in [2.45, 2.75) is 19.3 Å². The fourth-order valence-corrected chi connectivity index (χ4v) is 9.41. The van der Waals surface area contributed by atoms with E-state index >= 15 is 0 Å². The molecular formula is C57H42N2. The van der Waals surface area contributed by atoms with Crippen molar-refractivity contribution in [3.05, 3.63) is 230 Å². The van der Waals surface area contributed by atoms with Crippen LogP contribution < -0.4 is 4.90 Å². The third-order valence-corrected chi connectivity index (χ3v) is 12.4. The highest BCUT2D eigenvalue weighted by molar-refractivity contribution is 6.10. The molecule has 0 unspecified atom stereocenters. The number of para-hydroxylation sites is 2. The molecule has 2 nitrogen and oxygen atoms in total. The largest absolute Gasteiger partial charge is 0.310 e. The molecule has 0 saturated carbocycles. The number of anilines is 3. The normalized spacial score (nSPS) is 12.7. The van der Waals surface area contributed by atoms with Crippen LogP contribution in [0, 0.1) is 0 Å². The number of hydrogen-bond acceptors (Lipinski definition) is 1. The molecule has 11 rings (SSSR count). The van der Waals surface area contributed by atoms with E-state index in [-0.39, 0.29) is 5.41 Å². The van der Waals surface area contributed by atoms with Crippen LogP contribution >= 0.6 is 0 Å². The summed E-state index contributed by atoms with van der Waals surface area (Å²) in [5, 5.41) is 2.52. The van der Waals surface area contributed by atoms with E-state index in [9.17, 15) is 0 Å². The highest BCUT2D eigenvalue weighted by Gasteiger charge is 2.35. The van der Waals surface area contributed by atoms with Crippen molar-refractivity contribution < 1.29 is 0 Å². The predicted octanol–water partition coefficient (Wildman–Crippen LogP) is 15.6. The minimum absolute atomic E-state index is 0.0468. The van der Waals surface area contributed by atoms with Crippen LogP contribution in [0.1, 0.15) is 25.0 Å². The van der Waals surface area contributed by atoms with E-state index in [0.29, 0.717) is 0 Å². The summed E-state index contributed by atoms with van der Waals surface area (Å²) in [6, 6.07) is 79.8. The van der Waals surface area contributed by atoms with Crippen molar-refractivity contribution in [3.8, 4) is 50.2 Å². The Hall–Kier alpha value is -7.42. The Morgan fingerprint density at radius 2 is 0.847 bits per heavy atom. The van der Waals surface area contributed by atoms with Crippen LogP contribution in [0.3, 0.4) is 0 Å². The van der Waals surface area contributed by atoms with Gasteiger partial charge in [-0.2, -0.15) is 0 Å². The smallest absolute Gasteiger partial charge is 0.0547 e. The molecule has 1 aliphatic carbocycles. The van der Waals surface area contributed by atoms with Gasteiger partial charge in [-0.25, -0.2) is 0 Å². The molecule has 0 aliphatic heterocycles. The van der Waals surface area contributed by atoms with Gasteiger partial charge in [0, 0.05) is 38.9 Å². The summed E-state index contributed by atoms with van der Waals surface area (Å²) in [5.41, 5.74) is 19.5. The van der Waals surface area contributed by atoms with Crippen molar-refractivity contribution in [1.29, 1.82) is 0 Å². The molecule has 9 aromatic carbocycles. The Kier molecular flexibility index (Phi) is 8.20. The van der Waals surface area contributed by atoms with Crippen LogP contribution in [0.2, 0.25) is 0 Å². The highest BCUT2D eigenvalue weighted by Crippen LogP contribution is 2.50. The third-order valence-electron chi connectivity index (χ3n) is 12.4. The van der Waals surface area contributed by atoms with E-state index in [4.69, 9.17) is 0 Å². The van der Waals surface area contributed by atoms with Gasteiger partial charge in [-0.15, -0.1) is 0 Å². The summed E-state index contributed by atoms with van der Waals surface area (Å²) in [5.74, 6) is 0. The first-order valence-corrected chi connectivity index (χ1v) is 20.5. The maximum absolute atomic E-state index is 2.39. The molecule has 0 radical (unpaired) electrons. The second-order valence-electron chi connectivity index (χ2n) is 16.2. The van der Waals surface area contributed by atoms with E-state index in [1.165, 1.54) is 83.1 Å². The Morgan fingerprint density at radius 3 is 1.59 bits per heavy atom. The molecule has 0 atom stereocenters. The van der Waals surface area contributed by atoms with Gasteiger partial charge in [0.15, 0.2) is 0 Å². The fourth-order valence-electron chi connectivity index (χ4n) is 9.41. The van der Waals surface area contributed by atoms with Gasteiger partial charge < -0.3 is 9.47 Å². The van der Waals surface area contributed by atoms with Crippen LogP contribution in [0.5, 0.6) is 0 Å². The van der Waals surface area contributed by atoms with Gasteiger partial charge in [0.1, 0.15) is 0 Å². The Bertz CT molecular complexity index is 3150. The minimum Gasteiger partial charge on any atom is -0.310 e. The lowest BCUT2D eigenvalue weighted by molar-refractivity contribution is 0.660. The van der Waals surface area contributed by atoms with Gasteiger partial charge in [-0.3, -0.25) is 0 Å². The zero-order valence-corrected chi connectivity index (χ0v) is 33.2. The first-order valence-electron chi connectivity index (χ1n) is 20.5. The van der Waals surface area contributed by atoms with Crippen molar-refractivity contribution >= 4 is 38.9 Å². The van der Waals surface area contributed by atoms with Crippen LogP contribution in [-0.2, 0) is 5.41 Å². The molecule has 0 fully saturated rings. The summed E-state index contributed by atoms with van der Waals surface area (Å²) in [6.07, 6.45) is 0. The standard InChI is InChI=1S/C57H42N2/c1-57(2)53-22-11-9-20-49(53)52-38-48(33-35-54(52)57)58(46-29-24-40(25-30-46)39-14-5-3-6-15-39)47-31-26-41(27-32-47)42-16-13-17-43(36-42)44-28-34-51-50-21-10-12-23-55(50)59(56(51)37-44)45-18-7-4-8-19-45/h3-38H,1-2H3. The molecular weight excluding hydrogens is 713 g/mol. The van der Waals surface area contributed by atoms with Crippen molar-refractivity contribution in [2.75, 3.05) is 4.90 Å². The molecule has 2 heteroatoms. The molecule has 10 aromatic rings. The summed E-state index contributed by atoms with van der Waals surface area (Å²) >= 11 is 0. The zero-order valence-electron chi connectivity index (χ0n) is 33.2. The number of nitrogens with zero attached hydrogens (tertiary/aromatic N) is 2. The Morgan fingerprint density at radius 1 is 0.339 bits per heavy atom. The second kappa shape index (κ2) is 13.9. The summed E-state index contributed by atoms with van der Waals surface area (Å²) in [6.45, 7) is 4.68. The molecule has 1 aliphatic rings. The number of benzene rings is 9. The molecule has 1 aromatic heterocycles. The van der Waals surface area contributed by atoms with Crippen LogP contribution in [0.25, 0.3) is 72.0 Å². The van der Waals surface area contributed by atoms with E-state index in [1.807, 2.05) is 0 Å². The van der Waals surface area contributed by atoms with Crippen molar-refractivity contribution in [3.63, 3.8) is 0 Å². The topological polar surface area (TPSA) is 8.17 Å². The maximum atomic E-state index is 2.39. The number of aromatic nitrogens is 1. The lowest BCUT2D eigenvalue weighted by atomic mass is 9.82. The lowest BCUT2D eigenvalue weighted by Gasteiger charge is -2.27. The fraction of sp³-hybridized carbons (Fsp3) is 0.0526. The number of rotatable bonds is 7. The van der Waals surface area contributed by atoms with Crippen LogP contribution in [0.15, 0.2) is 218 Å². The minimum atomic E-state index is -0.0468. The average molecular weight is 755 g/mol. The Labute approximate surface area is 345 Å². The van der Waals surface area contributed by atoms with Gasteiger partial charge in [0.05, 0.1) is 11.0 Å². The average Bonchev–Trinajstić information content (AvgIpc) is 3.75. The number of fused-ring (bicyclic) bond motifs is 6. The first kappa shape index (κ1) is 34.8. The summed E-state index contributed by atoms with van der Waals surface area (Å²) in [7, 11) is 0. The molecule has 0 bridgehead atoms. The predicted molar refractivity (Wildman–Crippen MR) is 249 cm³/mol. The monoisotopic (exact) mass is 754 g/mol. The van der Waals surface area contributed by atoms with E-state index in [2.05, 4.69) is 242 Å². The molecule has 280 valence electrons. The molecule has 0 saturated heterocycles. The van der Waals surface area contributed by atoms with Gasteiger partial charge >= 0.3 is 0 Å². The van der Waals surface area contributed by atoms with Crippen molar-refractivity contribution in [1.82, 2.24) is 4.57 Å². The molecule has 0 amide bonds. The van der Waals surface area contributed by atoms with Crippen LogP contribution in [0.4, 0.5) is 17.1 Å². The zero-order chi connectivity index (χ0) is 39.5. The maximum Gasteiger partial charge on any atom is 0.0547 e. The lowest BCUT2D eigenvalue weighted by Crippen LogP contribution is -2.15. The van der Waals surface area contributed by atoms with E-state index in [1.54, 1.807) is 0 Å². The highest BCUT2D eigenvalue weighted by atomic mass is 15.1. The summed E-state index contributed by atoms with van der Waals surface area (Å²) < 4.78 is 2.39. The summed E-state index contributed by atoms with van der Waals surface area (Å²) in [4.78, 5) is 2.39. The van der Waals surface area contributed by atoms with Gasteiger partial charge in [0.25, 0.3) is 0 Å². The second-order valence-corrected chi connectivity index (χ2v) is 16.2. The van der Waals surface area contributed by atoms with Gasteiger partial charge in [-0.05, 0) is 122 Å². The third kappa shape index (κ3) is 5.87. The Balaban J connectivity index is 0.976. The van der Waals surface area contributed by atoms with Gasteiger partial charge in [0.2, 0.25) is 0 Å². The first-order chi connectivity index (χ1) is 29.0. The quantitative estimate of drug-likeness (QED) is 0.157. The number of hydrogen-bond donors (Lipinski definition) is 0. The SMILES string of the molecule is CC1(C)c2ccccc2-c2cc(N(c3ccc(-c4ccccc4)cc3)c3ccc(-c4cccc(-c5ccc6c7ccccc7n(-c7ccccc7)c6c5)c4)cc3)ccc21. The van der Waals surface area contributed by atoms with E-state index in [0.717, 1.165) is 17.1 Å². The molecule has 1 heterocycles.